The van der Waals surface area contributed by atoms with Gasteiger partial charge < -0.3 is 14.7 Å². The molecule has 1 atom stereocenters. The Balaban J connectivity index is 0.000000451. The van der Waals surface area contributed by atoms with Crippen LogP contribution in [-0.2, 0) is 20.7 Å². The van der Waals surface area contributed by atoms with Crippen LogP contribution in [0, 0.1) is 12.8 Å². The van der Waals surface area contributed by atoms with Crippen molar-refractivity contribution >= 4 is 11.9 Å². The number of likely N-dealkylation sites (N-methyl/N-ethyl adjacent to an activating group) is 1. The molecule has 3 rings (SSSR count). The van der Waals surface area contributed by atoms with Crippen molar-refractivity contribution in [2.75, 3.05) is 39.9 Å². The second-order valence-corrected chi connectivity index (χ2v) is 8.64. The monoisotopic (exact) mass is 458 g/mol. The van der Waals surface area contributed by atoms with Crippen molar-refractivity contribution in [1.29, 1.82) is 0 Å². The van der Waals surface area contributed by atoms with Crippen molar-refractivity contribution in [2.24, 2.45) is 5.92 Å². The molecule has 1 amide bonds. The zero-order valence-electron chi connectivity index (χ0n) is 19.0. The summed E-state index contributed by atoms with van der Waals surface area (Å²) in [5.74, 6) is -1.82. The van der Waals surface area contributed by atoms with E-state index in [0.29, 0.717) is 18.2 Å². The topological polar surface area (TPSA) is 70.1 Å². The summed E-state index contributed by atoms with van der Waals surface area (Å²) in [6.45, 7) is 8.73. The largest absolute Gasteiger partial charge is 0.490 e. The van der Waals surface area contributed by atoms with E-state index in [4.69, 9.17) is 14.6 Å². The molecule has 0 radical (unpaired) electrons. The molecule has 1 unspecified atom stereocenters. The van der Waals surface area contributed by atoms with Crippen LogP contribution in [0.2, 0.25) is 0 Å². The molecule has 0 aromatic heterocycles. The number of halogens is 3. The molecule has 2 saturated heterocycles. The van der Waals surface area contributed by atoms with E-state index in [1.807, 2.05) is 0 Å². The third-order valence-electron chi connectivity index (χ3n) is 6.34. The smallest absolute Gasteiger partial charge is 0.475 e. The lowest BCUT2D eigenvalue weighted by molar-refractivity contribution is -0.192. The fourth-order valence-electron chi connectivity index (χ4n) is 4.34. The van der Waals surface area contributed by atoms with Gasteiger partial charge in [0.25, 0.3) is 0 Å². The summed E-state index contributed by atoms with van der Waals surface area (Å²) in [6, 6.07) is 8.36. The number of amides is 1. The third kappa shape index (κ3) is 6.93. The number of benzene rings is 1. The number of aryl methyl sites for hydroxylation is 2. The molecular formula is C23H33F3N2O4. The number of carbonyl (C=O) groups excluding carboxylic acids is 1. The molecule has 2 heterocycles. The van der Waals surface area contributed by atoms with Crippen LogP contribution in [0.15, 0.2) is 24.3 Å². The number of carboxylic acid groups (broad SMARTS) is 1. The Morgan fingerprint density at radius 2 is 1.88 bits per heavy atom. The van der Waals surface area contributed by atoms with Crippen LogP contribution >= 0.6 is 0 Å². The van der Waals surface area contributed by atoms with Crippen LogP contribution in [0.5, 0.6) is 0 Å². The standard InChI is InChI=1S/C21H32N2O2.C2HF3O2/c1-4-25-14-18-11-12-22(3)21(13-18)15-23(16-21)20(24)10-9-19-8-6-5-7-17(19)2;3-2(4,5)1(6)7/h5-8,18H,4,9-16H2,1-3H3;(H,6,7). The van der Waals surface area contributed by atoms with Gasteiger partial charge in [0, 0.05) is 32.7 Å². The molecule has 2 fully saturated rings. The van der Waals surface area contributed by atoms with Crippen LogP contribution in [0.4, 0.5) is 13.2 Å². The van der Waals surface area contributed by atoms with Crippen molar-refractivity contribution in [3.63, 3.8) is 0 Å². The van der Waals surface area contributed by atoms with Crippen LogP contribution in [0.1, 0.15) is 37.3 Å². The van der Waals surface area contributed by atoms with Gasteiger partial charge in [-0.1, -0.05) is 24.3 Å². The number of hydrogen-bond acceptors (Lipinski definition) is 4. The zero-order valence-corrected chi connectivity index (χ0v) is 19.0. The Labute approximate surface area is 187 Å². The lowest BCUT2D eigenvalue weighted by Crippen LogP contribution is -2.72. The highest BCUT2D eigenvalue weighted by molar-refractivity contribution is 5.78. The second kappa shape index (κ2) is 11.1. The number of aliphatic carboxylic acids is 1. The van der Waals surface area contributed by atoms with E-state index < -0.39 is 12.1 Å². The summed E-state index contributed by atoms with van der Waals surface area (Å²) < 4.78 is 37.4. The summed E-state index contributed by atoms with van der Waals surface area (Å²) in [4.78, 5) is 26.0. The molecule has 9 heteroatoms. The van der Waals surface area contributed by atoms with E-state index in [9.17, 15) is 18.0 Å². The van der Waals surface area contributed by atoms with Gasteiger partial charge in [-0.3, -0.25) is 9.69 Å². The Morgan fingerprint density at radius 3 is 2.44 bits per heavy atom. The Kier molecular flexibility index (Phi) is 9.09. The summed E-state index contributed by atoms with van der Waals surface area (Å²) in [6.07, 6.45) is -1.25. The highest BCUT2D eigenvalue weighted by atomic mass is 19.4. The highest BCUT2D eigenvalue weighted by Crippen LogP contribution is 2.38. The maximum Gasteiger partial charge on any atom is 0.490 e. The van der Waals surface area contributed by atoms with Gasteiger partial charge in [-0.25, -0.2) is 4.79 Å². The van der Waals surface area contributed by atoms with Gasteiger partial charge in [0.1, 0.15) is 0 Å². The number of likely N-dealkylation sites (tertiary alicyclic amines) is 2. The first-order valence-corrected chi connectivity index (χ1v) is 10.9. The Bertz CT molecular complexity index is 777. The molecule has 180 valence electrons. The summed E-state index contributed by atoms with van der Waals surface area (Å²) in [5, 5.41) is 7.12. The summed E-state index contributed by atoms with van der Waals surface area (Å²) in [5.41, 5.74) is 2.76. The van der Waals surface area contributed by atoms with Crippen molar-refractivity contribution in [3.05, 3.63) is 35.4 Å². The van der Waals surface area contributed by atoms with Gasteiger partial charge in [-0.05, 0) is 63.7 Å². The molecule has 0 aliphatic carbocycles. The van der Waals surface area contributed by atoms with Gasteiger partial charge in [0.2, 0.25) is 5.91 Å². The number of rotatable bonds is 6. The number of piperidine rings is 1. The summed E-state index contributed by atoms with van der Waals surface area (Å²) in [7, 11) is 2.21. The molecule has 1 spiro atoms. The van der Waals surface area contributed by atoms with E-state index in [-0.39, 0.29) is 5.54 Å². The Hall–Kier alpha value is -2.13. The Morgan fingerprint density at radius 1 is 1.25 bits per heavy atom. The van der Waals surface area contributed by atoms with Crippen LogP contribution in [0.3, 0.4) is 0 Å². The van der Waals surface area contributed by atoms with Crippen molar-refractivity contribution in [3.8, 4) is 0 Å². The SMILES string of the molecule is CCOCC1CCN(C)C2(C1)CN(C(=O)CCc1ccccc1C)C2.O=C(O)C(F)(F)F. The van der Waals surface area contributed by atoms with Gasteiger partial charge >= 0.3 is 12.1 Å². The number of carbonyl (C=O) groups is 2. The normalized spacial score (nSPS) is 20.3. The van der Waals surface area contributed by atoms with Crippen molar-refractivity contribution < 1.29 is 32.6 Å². The number of hydrogen-bond donors (Lipinski definition) is 1. The van der Waals surface area contributed by atoms with Crippen LogP contribution in [0.25, 0.3) is 0 Å². The molecule has 2 aliphatic rings. The predicted molar refractivity (Wildman–Crippen MR) is 114 cm³/mol. The predicted octanol–water partition coefficient (Wildman–Crippen LogP) is 3.52. The molecule has 1 aromatic rings. The van der Waals surface area contributed by atoms with E-state index in [0.717, 1.165) is 45.7 Å². The number of nitrogens with zero attached hydrogens (tertiary/aromatic N) is 2. The van der Waals surface area contributed by atoms with Gasteiger partial charge in [-0.15, -0.1) is 0 Å². The first kappa shape index (κ1) is 26.1. The van der Waals surface area contributed by atoms with Gasteiger partial charge in [0.05, 0.1) is 5.54 Å². The van der Waals surface area contributed by atoms with E-state index in [2.05, 4.69) is 55.0 Å². The summed E-state index contributed by atoms with van der Waals surface area (Å²) >= 11 is 0. The molecule has 2 aliphatic heterocycles. The van der Waals surface area contributed by atoms with Crippen molar-refractivity contribution in [2.45, 2.75) is 51.2 Å². The molecule has 1 aromatic carbocycles. The number of carboxylic acids is 1. The van der Waals surface area contributed by atoms with Gasteiger partial charge in [0.15, 0.2) is 0 Å². The zero-order chi connectivity index (χ0) is 23.9. The molecule has 6 nitrogen and oxygen atoms in total. The van der Waals surface area contributed by atoms with Crippen LogP contribution in [-0.4, -0.2) is 78.4 Å². The van der Waals surface area contributed by atoms with E-state index in [1.165, 1.54) is 17.5 Å². The average molecular weight is 459 g/mol. The number of alkyl halides is 3. The second-order valence-electron chi connectivity index (χ2n) is 8.64. The average Bonchev–Trinajstić information content (AvgIpc) is 2.70. The molecule has 1 N–H and O–H groups in total. The fraction of sp³-hybridized carbons (Fsp3) is 0.652. The van der Waals surface area contributed by atoms with Gasteiger partial charge in [-0.2, -0.15) is 13.2 Å². The lowest BCUT2D eigenvalue weighted by Gasteiger charge is -2.58. The molecule has 0 saturated carbocycles. The third-order valence-corrected chi connectivity index (χ3v) is 6.34. The first-order chi connectivity index (χ1) is 15.0. The van der Waals surface area contributed by atoms with Crippen LogP contribution < -0.4 is 0 Å². The minimum atomic E-state index is -5.08. The van der Waals surface area contributed by atoms with E-state index in [1.54, 1.807) is 0 Å². The minimum Gasteiger partial charge on any atom is -0.475 e. The minimum absolute atomic E-state index is 0.193. The first-order valence-electron chi connectivity index (χ1n) is 10.9. The highest BCUT2D eigenvalue weighted by Gasteiger charge is 2.50. The quantitative estimate of drug-likeness (QED) is 0.707. The molecule has 0 bridgehead atoms. The fourth-order valence-corrected chi connectivity index (χ4v) is 4.34. The lowest BCUT2D eigenvalue weighted by atomic mass is 9.75. The maximum atomic E-state index is 12.6. The molecular weight excluding hydrogens is 425 g/mol. The number of ether oxygens (including phenoxy) is 1. The van der Waals surface area contributed by atoms with E-state index >= 15 is 0 Å². The molecule has 32 heavy (non-hydrogen) atoms. The van der Waals surface area contributed by atoms with Crippen molar-refractivity contribution in [1.82, 2.24) is 9.80 Å². The maximum absolute atomic E-state index is 12.6.